The summed E-state index contributed by atoms with van der Waals surface area (Å²) in [4.78, 5) is 12.7. The van der Waals surface area contributed by atoms with Gasteiger partial charge in [0.05, 0.1) is 19.6 Å². The molecule has 0 saturated heterocycles. The number of fused-ring (bicyclic) bond motifs is 1. The molecule has 6 heteroatoms. The zero-order valence-corrected chi connectivity index (χ0v) is 12.4. The Morgan fingerprint density at radius 3 is 2.50 bits per heavy atom. The van der Waals surface area contributed by atoms with Crippen molar-refractivity contribution in [2.45, 2.75) is 6.54 Å². The first-order valence-electron chi connectivity index (χ1n) is 6.81. The van der Waals surface area contributed by atoms with Gasteiger partial charge in [-0.2, -0.15) is 0 Å². The van der Waals surface area contributed by atoms with Gasteiger partial charge in [-0.3, -0.25) is 0 Å². The van der Waals surface area contributed by atoms with Crippen molar-refractivity contribution in [1.29, 1.82) is 0 Å². The molecule has 0 amide bonds. The number of benzene rings is 1. The second-order valence-electron chi connectivity index (χ2n) is 4.67. The Balaban J connectivity index is 1.85. The molecule has 0 radical (unpaired) electrons. The molecule has 0 spiro atoms. The molecule has 2 aromatic heterocycles. The highest BCUT2D eigenvalue weighted by atomic mass is 16.5. The van der Waals surface area contributed by atoms with Gasteiger partial charge in [0.2, 0.25) is 0 Å². The zero-order chi connectivity index (χ0) is 15.4. The molecule has 0 aliphatic rings. The molecule has 112 valence electrons. The van der Waals surface area contributed by atoms with Crippen LogP contribution < -0.4 is 14.8 Å². The monoisotopic (exact) mass is 296 g/mol. The zero-order valence-electron chi connectivity index (χ0n) is 12.4. The maximum absolute atomic E-state index is 5.28. The molecule has 2 heterocycles. The molecule has 0 aliphatic heterocycles. The highest BCUT2D eigenvalue weighted by Gasteiger charge is 2.05. The largest absolute Gasteiger partial charge is 0.497 e. The minimum atomic E-state index is 0.592. The predicted octanol–water partition coefficient (Wildman–Crippen LogP) is 2.65. The van der Waals surface area contributed by atoms with E-state index >= 15 is 0 Å². The number of methoxy groups -OCH3 is 2. The summed E-state index contributed by atoms with van der Waals surface area (Å²) in [5.41, 5.74) is 1.70. The maximum atomic E-state index is 5.28. The topological polar surface area (TPSA) is 69.2 Å². The molecule has 0 unspecified atom stereocenters. The fourth-order valence-electron chi connectivity index (χ4n) is 2.19. The summed E-state index contributed by atoms with van der Waals surface area (Å²) in [5.74, 6) is 2.26. The van der Waals surface area contributed by atoms with Gasteiger partial charge in [-0.05, 0) is 29.8 Å². The Kier molecular flexibility index (Phi) is 4.00. The predicted molar refractivity (Wildman–Crippen MR) is 84.2 cm³/mol. The standard InChI is InChI=1S/C16H16N4O2/c1-21-12-6-11(7-13(8-12)22-2)9-18-16-14-4-3-5-17-15(14)19-10-20-16/h3-8,10H,9H2,1-2H3,(H,17,18,19,20). The van der Waals surface area contributed by atoms with Crippen LogP contribution >= 0.6 is 0 Å². The van der Waals surface area contributed by atoms with Gasteiger partial charge < -0.3 is 14.8 Å². The van der Waals surface area contributed by atoms with Crippen LogP contribution in [0.15, 0.2) is 42.9 Å². The summed E-state index contributed by atoms with van der Waals surface area (Å²) in [5, 5.41) is 4.19. The fraction of sp³-hybridized carbons (Fsp3) is 0.188. The van der Waals surface area contributed by atoms with E-state index in [0.717, 1.165) is 28.3 Å². The highest BCUT2D eigenvalue weighted by Crippen LogP contribution is 2.24. The maximum Gasteiger partial charge on any atom is 0.164 e. The number of aromatic nitrogens is 3. The second kappa shape index (κ2) is 6.26. The molecule has 1 aromatic carbocycles. The van der Waals surface area contributed by atoms with E-state index in [4.69, 9.17) is 9.47 Å². The summed E-state index contributed by atoms with van der Waals surface area (Å²) in [6, 6.07) is 9.56. The number of ether oxygens (including phenoxy) is 2. The number of nitrogens with zero attached hydrogens (tertiary/aromatic N) is 3. The van der Waals surface area contributed by atoms with E-state index in [1.165, 1.54) is 6.33 Å². The van der Waals surface area contributed by atoms with Gasteiger partial charge in [-0.15, -0.1) is 0 Å². The highest BCUT2D eigenvalue weighted by molar-refractivity contribution is 5.85. The van der Waals surface area contributed by atoms with Crippen molar-refractivity contribution >= 4 is 16.9 Å². The quantitative estimate of drug-likeness (QED) is 0.780. The minimum absolute atomic E-state index is 0.592. The van der Waals surface area contributed by atoms with Gasteiger partial charge in [0, 0.05) is 18.8 Å². The molecule has 0 atom stereocenters. The molecule has 0 fully saturated rings. The summed E-state index contributed by atoms with van der Waals surface area (Å²) in [7, 11) is 3.27. The van der Waals surface area contributed by atoms with Crippen LogP contribution in [0, 0.1) is 0 Å². The average molecular weight is 296 g/mol. The molecule has 6 nitrogen and oxygen atoms in total. The van der Waals surface area contributed by atoms with Crippen molar-refractivity contribution in [3.05, 3.63) is 48.4 Å². The third-order valence-electron chi connectivity index (χ3n) is 3.28. The van der Waals surface area contributed by atoms with Crippen LogP contribution in [0.5, 0.6) is 11.5 Å². The van der Waals surface area contributed by atoms with Crippen LogP contribution in [0.4, 0.5) is 5.82 Å². The van der Waals surface area contributed by atoms with E-state index in [1.54, 1.807) is 20.4 Å². The SMILES string of the molecule is COc1cc(CNc2ncnc3ncccc23)cc(OC)c1. The summed E-state index contributed by atoms with van der Waals surface area (Å²) in [6.45, 7) is 0.592. The van der Waals surface area contributed by atoms with Crippen LogP contribution in [-0.4, -0.2) is 29.2 Å². The van der Waals surface area contributed by atoms with E-state index in [2.05, 4.69) is 20.3 Å². The normalized spacial score (nSPS) is 10.5. The number of hydrogen-bond donors (Lipinski definition) is 1. The Bertz CT molecular complexity index is 764. The van der Waals surface area contributed by atoms with Crippen LogP contribution in [0.25, 0.3) is 11.0 Å². The van der Waals surface area contributed by atoms with Crippen LogP contribution in [0.1, 0.15) is 5.56 Å². The van der Waals surface area contributed by atoms with Gasteiger partial charge in [0.25, 0.3) is 0 Å². The first-order valence-corrected chi connectivity index (χ1v) is 6.81. The number of pyridine rings is 1. The Hall–Kier alpha value is -2.89. The molecular formula is C16H16N4O2. The Morgan fingerprint density at radius 1 is 1.00 bits per heavy atom. The average Bonchev–Trinajstić information content (AvgIpc) is 2.59. The number of rotatable bonds is 5. The lowest BCUT2D eigenvalue weighted by Crippen LogP contribution is -2.03. The first-order chi connectivity index (χ1) is 10.8. The number of anilines is 1. The minimum Gasteiger partial charge on any atom is -0.497 e. The lowest BCUT2D eigenvalue weighted by atomic mass is 10.2. The molecule has 1 N–H and O–H groups in total. The van der Waals surface area contributed by atoms with Gasteiger partial charge in [0.1, 0.15) is 23.6 Å². The van der Waals surface area contributed by atoms with Gasteiger partial charge in [0.15, 0.2) is 5.65 Å². The third-order valence-corrected chi connectivity index (χ3v) is 3.28. The van der Waals surface area contributed by atoms with E-state index in [1.807, 2.05) is 30.3 Å². The van der Waals surface area contributed by atoms with Crippen molar-refractivity contribution in [3.63, 3.8) is 0 Å². The molecule has 0 saturated carbocycles. The number of nitrogens with one attached hydrogen (secondary N) is 1. The Labute approximate surface area is 128 Å². The van der Waals surface area contributed by atoms with E-state index in [-0.39, 0.29) is 0 Å². The lowest BCUT2D eigenvalue weighted by molar-refractivity contribution is 0.393. The molecule has 0 bridgehead atoms. The summed E-state index contributed by atoms with van der Waals surface area (Å²) in [6.07, 6.45) is 3.22. The molecule has 0 aliphatic carbocycles. The first kappa shape index (κ1) is 14.1. The summed E-state index contributed by atoms with van der Waals surface area (Å²) >= 11 is 0. The fourth-order valence-corrected chi connectivity index (χ4v) is 2.19. The van der Waals surface area contributed by atoms with E-state index in [0.29, 0.717) is 12.2 Å². The summed E-state index contributed by atoms with van der Waals surface area (Å²) < 4.78 is 10.6. The van der Waals surface area contributed by atoms with Crippen molar-refractivity contribution in [3.8, 4) is 11.5 Å². The number of hydrogen-bond acceptors (Lipinski definition) is 6. The molecule has 3 rings (SSSR count). The molecule has 3 aromatic rings. The van der Waals surface area contributed by atoms with E-state index < -0.39 is 0 Å². The van der Waals surface area contributed by atoms with Crippen molar-refractivity contribution < 1.29 is 9.47 Å². The van der Waals surface area contributed by atoms with Crippen LogP contribution in [0.2, 0.25) is 0 Å². The second-order valence-corrected chi connectivity index (χ2v) is 4.67. The molecule has 22 heavy (non-hydrogen) atoms. The van der Waals surface area contributed by atoms with Gasteiger partial charge in [-0.1, -0.05) is 0 Å². The van der Waals surface area contributed by atoms with Crippen LogP contribution in [0.3, 0.4) is 0 Å². The van der Waals surface area contributed by atoms with Crippen LogP contribution in [-0.2, 0) is 6.54 Å². The smallest absolute Gasteiger partial charge is 0.164 e. The molecular weight excluding hydrogens is 280 g/mol. The Morgan fingerprint density at radius 2 is 1.77 bits per heavy atom. The lowest BCUT2D eigenvalue weighted by Gasteiger charge is -2.10. The van der Waals surface area contributed by atoms with Crippen molar-refractivity contribution in [2.75, 3.05) is 19.5 Å². The van der Waals surface area contributed by atoms with E-state index in [9.17, 15) is 0 Å². The van der Waals surface area contributed by atoms with Gasteiger partial charge >= 0.3 is 0 Å². The van der Waals surface area contributed by atoms with Crippen molar-refractivity contribution in [2.24, 2.45) is 0 Å². The third kappa shape index (κ3) is 2.90. The van der Waals surface area contributed by atoms with Crippen molar-refractivity contribution in [1.82, 2.24) is 15.0 Å². The van der Waals surface area contributed by atoms with Gasteiger partial charge in [-0.25, -0.2) is 15.0 Å².